The van der Waals surface area contributed by atoms with E-state index in [2.05, 4.69) is 52.3 Å². The summed E-state index contributed by atoms with van der Waals surface area (Å²) in [6.45, 7) is 3.44. The fraction of sp³-hybridized carbons (Fsp3) is 0.190. The third-order valence-corrected chi connectivity index (χ3v) is 5.49. The summed E-state index contributed by atoms with van der Waals surface area (Å²) in [5, 5.41) is 13.3. The van der Waals surface area contributed by atoms with Gasteiger partial charge in [-0.05, 0) is 23.6 Å². The summed E-state index contributed by atoms with van der Waals surface area (Å²) in [7, 11) is 0. The van der Waals surface area contributed by atoms with Crippen LogP contribution in [-0.4, -0.2) is 41.0 Å². The third kappa shape index (κ3) is 3.48. The predicted octanol–water partition coefficient (Wildman–Crippen LogP) is 4.25. The molecule has 0 amide bonds. The molecule has 0 N–H and O–H groups in total. The van der Waals surface area contributed by atoms with Crippen LogP contribution < -0.4 is 4.90 Å². The molecule has 0 aliphatic carbocycles. The zero-order valence-electron chi connectivity index (χ0n) is 14.7. The molecule has 0 unspecified atom stereocenters. The van der Waals surface area contributed by atoms with E-state index < -0.39 is 4.92 Å². The molecule has 0 atom stereocenters. The van der Waals surface area contributed by atoms with Crippen LogP contribution in [0.4, 0.5) is 11.4 Å². The van der Waals surface area contributed by atoms with E-state index in [4.69, 9.17) is 12.2 Å². The summed E-state index contributed by atoms with van der Waals surface area (Å²) in [4.78, 5) is 15.7. The molecule has 4 rings (SSSR count). The third-order valence-electron chi connectivity index (χ3n) is 5.00. The Bertz CT molecular complexity index is 990. The molecule has 0 aromatic heterocycles. The van der Waals surface area contributed by atoms with Crippen LogP contribution in [0.25, 0.3) is 10.8 Å². The predicted molar refractivity (Wildman–Crippen MR) is 113 cm³/mol. The highest BCUT2D eigenvalue weighted by atomic mass is 32.1. The van der Waals surface area contributed by atoms with Crippen LogP contribution in [0.15, 0.2) is 66.7 Å². The van der Waals surface area contributed by atoms with Gasteiger partial charge in [0.25, 0.3) is 5.69 Å². The maximum absolute atomic E-state index is 10.8. The van der Waals surface area contributed by atoms with Crippen molar-refractivity contribution in [1.82, 2.24) is 4.90 Å². The van der Waals surface area contributed by atoms with E-state index in [9.17, 15) is 10.1 Å². The van der Waals surface area contributed by atoms with Gasteiger partial charge in [-0.15, -0.1) is 0 Å². The normalized spacial score (nSPS) is 14.4. The van der Waals surface area contributed by atoms with Crippen molar-refractivity contribution in [3.63, 3.8) is 0 Å². The first kappa shape index (κ1) is 17.4. The van der Waals surface area contributed by atoms with Crippen LogP contribution in [0.3, 0.4) is 0 Å². The number of anilines is 1. The molecule has 27 heavy (non-hydrogen) atoms. The second-order valence-corrected chi connectivity index (χ2v) is 6.97. The van der Waals surface area contributed by atoms with Crippen LogP contribution >= 0.6 is 12.2 Å². The fourth-order valence-corrected chi connectivity index (χ4v) is 3.86. The van der Waals surface area contributed by atoms with Crippen molar-refractivity contribution >= 4 is 39.4 Å². The molecule has 1 fully saturated rings. The number of piperazine rings is 1. The van der Waals surface area contributed by atoms with Gasteiger partial charge in [0.05, 0.1) is 4.92 Å². The molecule has 6 heteroatoms. The van der Waals surface area contributed by atoms with Crippen molar-refractivity contribution in [2.45, 2.75) is 0 Å². The van der Waals surface area contributed by atoms with Crippen molar-refractivity contribution in [3.05, 3.63) is 82.4 Å². The van der Waals surface area contributed by atoms with Gasteiger partial charge in [0, 0.05) is 54.9 Å². The molecule has 1 heterocycles. The number of hydrogen-bond acceptors (Lipinski definition) is 4. The van der Waals surface area contributed by atoms with Gasteiger partial charge in [0.15, 0.2) is 0 Å². The van der Waals surface area contributed by atoms with Gasteiger partial charge in [-0.2, -0.15) is 0 Å². The molecule has 1 saturated heterocycles. The number of hydrogen-bond donors (Lipinski definition) is 0. The van der Waals surface area contributed by atoms with E-state index in [-0.39, 0.29) is 5.69 Å². The number of non-ortho nitro benzene ring substituents is 1. The molecule has 3 aromatic carbocycles. The Morgan fingerprint density at radius 2 is 1.56 bits per heavy atom. The van der Waals surface area contributed by atoms with Gasteiger partial charge in [0.1, 0.15) is 4.99 Å². The minimum Gasteiger partial charge on any atom is -0.367 e. The van der Waals surface area contributed by atoms with E-state index in [0.29, 0.717) is 0 Å². The molecule has 0 bridgehead atoms. The zero-order chi connectivity index (χ0) is 18.8. The van der Waals surface area contributed by atoms with Crippen molar-refractivity contribution in [3.8, 4) is 0 Å². The Kier molecular flexibility index (Phi) is 4.73. The van der Waals surface area contributed by atoms with Crippen LogP contribution in [0.2, 0.25) is 0 Å². The molecule has 1 aliphatic rings. The zero-order valence-corrected chi connectivity index (χ0v) is 15.6. The lowest BCUT2D eigenvalue weighted by molar-refractivity contribution is -0.384. The van der Waals surface area contributed by atoms with E-state index in [0.717, 1.165) is 36.7 Å². The van der Waals surface area contributed by atoms with Gasteiger partial charge in [0.2, 0.25) is 0 Å². The van der Waals surface area contributed by atoms with Gasteiger partial charge in [-0.3, -0.25) is 10.1 Å². The summed E-state index contributed by atoms with van der Waals surface area (Å²) >= 11 is 5.62. The van der Waals surface area contributed by atoms with Crippen molar-refractivity contribution in [2.24, 2.45) is 0 Å². The minimum atomic E-state index is -0.393. The summed E-state index contributed by atoms with van der Waals surface area (Å²) < 4.78 is 0. The average Bonchev–Trinajstić information content (AvgIpc) is 2.73. The summed E-state index contributed by atoms with van der Waals surface area (Å²) in [5.41, 5.74) is 2.20. The van der Waals surface area contributed by atoms with Crippen LogP contribution in [0, 0.1) is 10.1 Å². The molecular formula is C21H19N3O2S. The quantitative estimate of drug-likeness (QED) is 0.388. The second-order valence-electron chi connectivity index (χ2n) is 6.58. The van der Waals surface area contributed by atoms with E-state index in [1.807, 2.05) is 0 Å². The molecule has 136 valence electrons. The van der Waals surface area contributed by atoms with Crippen LogP contribution in [-0.2, 0) is 0 Å². The monoisotopic (exact) mass is 377 g/mol. The molecule has 0 saturated carbocycles. The highest BCUT2D eigenvalue weighted by molar-refractivity contribution is 7.80. The first-order chi connectivity index (χ1) is 13.1. The maximum atomic E-state index is 10.8. The summed E-state index contributed by atoms with van der Waals surface area (Å²) in [6, 6.07) is 21.3. The Balaban J connectivity index is 1.47. The number of nitro benzene ring substituents is 1. The number of fused-ring (bicyclic) bond motifs is 1. The van der Waals surface area contributed by atoms with Gasteiger partial charge >= 0.3 is 0 Å². The second kappa shape index (κ2) is 7.32. The molecule has 3 aromatic rings. The summed E-state index contributed by atoms with van der Waals surface area (Å²) in [5.74, 6) is 0. The van der Waals surface area contributed by atoms with Crippen molar-refractivity contribution < 1.29 is 4.92 Å². The molecule has 1 aliphatic heterocycles. The summed E-state index contributed by atoms with van der Waals surface area (Å²) in [6.07, 6.45) is 0. The lowest BCUT2D eigenvalue weighted by atomic mass is 10.1. The molecular weight excluding hydrogens is 358 g/mol. The fourth-order valence-electron chi connectivity index (χ4n) is 3.54. The lowest BCUT2D eigenvalue weighted by Gasteiger charge is -2.38. The van der Waals surface area contributed by atoms with Gasteiger partial charge < -0.3 is 9.80 Å². The standard InChI is InChI=1S/C21H19N3O2S/c25-24(26)18-10-8-17(9-11-18)21(27)23-14-12-22(13-15-23)20-7-3-5-16-4-1-2-6-19(16)20/h1-11H,12-15H2. The van der Waals surface area contributed by atoms with Gasteiger partial charge in [-0.1, -0.05) is 48.6 Å². The largest absolute Gasteiger partial charge is 0.367 e. The number of nitro groups is 1. The first-order valence-corrected chi connectivity index (χ1v) is 9.31. The van der Waals surface area contributed by atoms with E-state index in [1.54, 1.807) is 12.1 Å². The minimum absolute atomic E-state index is 0.0855. The Morgan fingerprint density at radius 3 is 2.26 bits per heavy atom. The number of thiocarbonyl (C=S) groups is 1. The Hall–Kier alpha value is -2.99. The van der Waals surface area contributed by atoms with Crippen molar-refractivity contribution in [1.29, 1.82) is 0 Å². The van der Waals surface area contributed by atoms with Crippen LogP contribution in [0.5, 0.6) is 0 Å². The number of nitrogens with zero attached hydrogens (tertiary/aromatic N) is 3. The lowest BCUT2D eigenvalue weighted by Crippen LogP contribution is -2.48. The average molecular weight is 377 g/mol. The molecule has 0 radical (unpaired) electrons. The number of rotatable bonds is 3. The highest BCUT2D eigenvalue weighted by Gasteiger charge is 2.21. The van der Waals surface area contributed by atoms with E-state index >= 15 is 0 Å². The highest BCUT2D eigenvalue weighted by Crippen LogP contribution is 2.27. The van der Waals surface area contributed by atoms with Gasteiger partial charge in [-0.25, -0.2) is 0 Å². The van der Waals surface area contributed by atoms with Crippen molar-refractivity contribution in [2.75, 3.05) is 31.1 Å². The topological polar surface area (TPSA) is 49.6 Å². The first-order valence-electron chi connectivity index (χ1n) is 8.90. The Labute approximate surface area is 163 Å². The van der Waals surface area contributed by atoms with Crippen LogP contribution in [0.1, 0.15) is 5.56 Å². The number of benzene rings is 3. The smallest absolute Gasteiger partial charge is 0.269 e. The Morgan fingerprint density at radius 1 is 0.889 bits per heavy atom. The SMILES string of the molecule is O=[N+]([O-])c1ccc(C(=S)N2CCN(c3cccc4ccccc34)CC2)cc1. The maximum Gasteiger partial charge on any atom is 0.269 e. The molecule has 0 spiro atoms. The van der Waals surface area contributed by atoms with E-state index in [1.165, 1.54) is 28.6 Å². The molecule has 5 nitrogen and oxygen atoms in total.